The van der Waals surface area contributed by atoms with Gasteiger partial charge in [0.05, 0.1) is 11.7 Å². The second kappa shape index (κ2) is 5.71. The Kier molecular flexibility index (Phi) is 4.40. The maximum atomic E-state index is 13.2. The molecular formula is C13H14F4OS. The van der Waals surface area contributed by atoms with Crippen LogP contribution in [0.4, 0.5) is 17.6 Å². The lowest BCUT2D eigenvalue weighted by atomic mass is 10.00. The number of aliphatic hydroxyl groups is 1. The monoisotopic (exact) mass is 294 g/mol. The van der Waals surface area contributed by atoms with Crippen LogP contribution in [0.5, 0.6) is 0 Å². The standard InChI is InChI=1S/C13H14F4OS/c14-10-5-4-8(7-9(10)13(15,16)17)12(18)11-3-1-2-6-19-11/h4-5,7,11-12,18H,1-3,6H2. The highest BCUT2D eigenvalue weighted by Gasteiger charge is 2.35. The molecule has 2 rings (SSSR count). The molecule has 106 valence electrons. The number of halogens is 4. The number of aliphatic hydroxyl groups excluding tert-OH is 1. The Labute approximate surface area is 113 Å². The molecule has 0 saturated carbocycles. The summed E-state index contributed by atoms with van der Waals surface area (Å²) in [6.07, 6.45) is -2.93. The van der Waals surface area contributed by atoms with Gasteiger partial charge in [-0.05, 0) is 36.3 Å². The first kappa shape index (κ1) is 14.7. The third-order valence-corrected chi connectivity index (χ3v) is 4.65. The van der Waals surface area contributed by atoms with Gasteiger partial charge in [-0.15, -0.1) is 0 Å². The fraction of sp³-hybridized carbons (Fsp3) is 0.538. The highest BCUT2D eigenvalue weighted by molar-refractivity contribution is 7.99. The van der Waals surface area contributed by atoms with Crippen molar-refractivity contribution >= 4 is 11.8 Å². The number of rotatable bonds is 2. The molecule has 0 amide bonds. The first-order chi connectivity index (χ1) is 8.89. The van der Waals surface area contributed by atoms with Crippen LogP contribution in [-0.4, -0.2) is 16.1 Å². The van der Waals surface area contributed by atoms with Gasteiger partial charge in [0.25, 0.3) is 0 Å². The van der Waals surface area contributed by atoms with E-state index in [0.717, 1.165) is 37.1 Å². The van der Waals surface area contributed by atoms with E-state index in [4.69, 9.17) is 0 Å². The van der Waals surface area contributed by atoms with E-state index in [2.05, 4.69) is 0 Å². The predicted octanol–water partition coefficient (Wildman–Crippen LogP) is 4.16. The number of thioether (sulfide) groups is 1. The molecule has 0 spiro atoms. The van der Waals surface area contributed by atoms with E-state index >= 15 is 0 Å². The molecule has 19 heavy (non-hydrogen) atoms. The summed E-state index contributed by atoms with van der Waals surface area (Å²) in [4.78, 5) is 0. The summed E-state index contributed by atoms with van der Waals surface area (Å²) in [5, 5.41) is 10.0. The van der Waals surface area contributed by atoms with E-state index in [1.807, 2.05) is 0 Å². The van der Waals surface area contributed by atoms with Gasteiger partial charge in [0, 0.05) is 5.25 Å². The molecule has 1 N–H and O–H groups in total. The minimum Gasteiger partial charge on any atom is -0.387 e. The van der Waals surface area contributed by atoms with Gasteiger partial charge in [0.1, 0.15) is 5.82 Å². The minimum absolute atomic E-state index is 0.111. The van der Waals surface area contributed by atoms with E-state index < -0.39 is 23.7 Å². The van der Waals surface area contributed by atoms with Gasteiger partial charge in [-0.2, -0.15) is 24.9 Å². The molecule has 0 radical (unpaired) electrons. The molecule has 1 aromatic rings. The predicted molar refractivity (Wildman–Crippen MR) is 66.5 cm³/mol. The molecule has 2 atom stereocenters. The van der Waals surface area contributed by atoms with E-state index in [0.29, 0.717) is 0 Å². The summed E-state index contributed by atoms with van der Waals surface area (Å²) >= 11 is 1.56. The lowest BCUT2D eigenvalue weighted by molar-refractivity contribution is -0.140. The van der Waals surface area contributed by atoms with Crippen molar-refractivity contribution in [3.05, 3.63) is 35.1 Å². The lowest BCUT2D eigenvalue weighted by Crippen LogP contribution is -2.20. The number of hydrogen-bond donors (Lipinski definition) is 1. The Hall–Kier alpha value is -0.750. The van der Waals surface area contributed by atoms with Crippen LogP contribution < -0.4 is 0 Å². The first-order valence-electron chi connectivity index (χ1n) is 6.06. The second-order valence-electron chi connectivity index (χ2n) is 4.59. The van der Waals surface area contributed by atoms with Crippen LogP contribution in [0.1, 0.15) is 36.5 Å². The smallest absolute Gasteiger partial charge is 0.387 e. The zero-order valence-corrected chi connectivity index (χ0v) is 10.9. The number of alkyl halides is 3. The van der Waals surface area contributed by atoms with Crippen LogP contribution >= 0.6 is 11.8 Å². The topological polar surface area (TPSA) is 20.2 Å². The molecule has 1 saturated heterocycles. The molecule has 1 aliphatic heterocycles. The molecule has 1 aliphatic rings. The van der Waals surface area contributed by atoms with Crippen LogP contribution in [0.15, 0.2) is 18.2 Å². The van der Waals surface area contributed by atoms with Crippen molar-refractivity contribution in [3.63, 3.8) is 0 Å². The summed E-state index contributed by atoms with van der Waals surface area (Å²) in [5.74, 6) is -0.408. The summed E-state index contributed by atoms with van der Waals surface area (Å²) in [5.41, 5.74) is -1.18. The molecule has 1 aromatic carbocycles. The van der Waals surface area contributed by atoms with Crippen LogP contribution in [0.2, 0.25) is 0 Å². The number of hydrogen-bond acceptors (Lipinski definition) is 2. The fourth-order valence-electron chi connectivity index (χ4n) is 2.17. The molecule has 0 bridgehead atoms. The van der Waals surface area contributed by atoms with Crippen molar-refractivity contribution in [2.24, 2.45) is 0 Å². The SMILES string of the molecule is OC(c1ccc(F)c(C(F)(F)F)c1)C1CCCCS1. The van der Waals surface area contributed by atoms with Gasteiger partial charge in [0.15, 0.2) is 0 Å². The summed E-state index contributed by atoms with van der Waals surface area (Å²) in [6, 6.07) is 2.72. The Balaban J connectivity index is 2.24. The Morgan fingerprint density at radius 3 is 2.58 bits per heavy atom. The quantitative estimate of drug-likeness (QED) is 0.826. The summed E-state index contributed by atoms with van der Waals surface area (Å²) in [7, 11) is 0. The molecular weight excluding hydrogens is 280 g/mol. The van der Waals surface area contributed by atoms with Gasteiger partial charge in [-0.25, -0.2) is 4.39 Å². The molecule has 2 unspecified atom stereocenters. The van der Waals surface area contributed by atoms with Crippen LogP contribution in [0.3, 0.4) is 0 Å². The molecule has 1 nitrogen and oxygen atoms in total. The average Bonchev–Trinajstić information content (AvgIpc) is 2.38. The summed E-state index contributed by atoms with van der Waals surface area (Å²) in [6.45, 7) is 0. The van der Waals surface area contributed by atoms with E-state index in [9.17, 15) is 22.7 Å². The van der Waals surface area contributed by atoms with E-state index in [1.165, 1.54) is 6.07 Å². The van der Waals surface area contributed by atoms with E-state index in [1.54, 1.807) is 11.8 Å². The van der Waals surface area contributed by atoms with Crippen LogP contribution in [0.25, 0.3) is 0 Å². The molecule has 0 aliphatic carbocycles. The first-order valence-corrected chi connectivity index (χ1v) is 7.11. The zero-order valence-electron chi connectivity index (χ0n) is 10.1. The zero-order chi connectivity index (χ0) is 14.0. The molecule has 1 heterocycles. The van der Waals surface area contributed by atoms with Crippen molar-refractivity contribution in [1.82, 2.24) is 0 Å². The normalized spacial score (nSPS) is 22.3. The Morgan fingerprint density at radius 1 is 1.26 bits per heavy atom. The maximum absolute atomic E-state index is 13.2. The maximum Gasteiger partial charge on any atom is 0.419 e. The average molecular weight is 294 g/mol. The lowest BCUT2D eigenvalue weighted by Gasteiger charge is -2.26. The molecule has 0 aromatic heterocycles. The van der Waals surface area contributed by atoms with Crippen LogP contribution in [0, 0.1) is 5.82 Å². The Bertz CT molecular complexity index is 441. The van der Waals surface area contributed by atoms with Gasteiger partial charge < -0.3 is 5.11 Å². The largest absolute Gasteiger partial charge is 0.419 e. The molecule has 1 fully saturated rings. The highest BCUT2D eigenvalue weighted by Crippen LogP contribution is 2.37. The van der Waals surface area contributed by atoms with Gasteiger partial charge in [-0.3, -0.25) is 0 Å². The third kappa shape index (κ3) is 3.42. The second-order valence-corrected chi connectivity index (χ2v) is 5.93. The number of benzene rings is 1. The summed E-state index contributed by atoms with van der Waals surface area (Å²) < 4.78 is 51.0. The van der Waals surface area contributed by atoms with Crippen molar-refractivity contribution in [2.75, 3.05) is 5.75 Å². The van der Waals surface area contributed by atoms with Crippen molar-refractivity contribution in [2.45, 2.75) is 36.8 Å². The van der Waals surface area contributed by atoms with Crippen molar-refractivity contribution < 1.29 is 22.7 Å². The van der Waals surface area contributed by atoms with Crippen LogP contribution in [-0.2, 0) is 6.18 Å². The van der Waals surface area contributed by atoms with Gasteiger partial charge >= 0.3 is 6.18 Å². The molecule has 6 heteroatoms. The highest BCUT2D eigenvalue weighted by atomic mass is 32.2. The minimum atomic E-state index is -4.74. The van der Waals surface area contributed by atoms with E-state index in [-0.39, 0.29) is 10.8 Å². The third-order valence-electron chi connectivity index (χ3n) is 3.20. The Morgan fingerprint density at radius 2 is 2.00 bits per heavy atom. The van der Waals surface area contributed by atoms with Crippen molar-refractivity contribution in [3.8, 4) is 0 Å². The van der Waals surface area contributed by atoms with Gasteiger partial charge in [0.2, 0.25) is 0 Å². The van der Waals surface area contributed by atoms with Gasteiger partial charge in [-0.1, -0.05) is 12.5 Å². The van der Waals surface area contributed by atoms with Crippen molar-refractivity contribution in [1.29, 1.82) is 0 Å². The fourth-order valence-corrected chi connectivity index (χ4v) is 3.52.